The molecule has 3 aromatic rings. The second kappa shape index (κ2) is 7.87. The molecule has 142 valence electrons. The van der Waals surface area contributed by atoms with Gasteiger partial charge in [-0.15, -0.1) is 0 Å². The quantitative estimate of drug-likeness (QED) is 0.468. The van der Waals surface area contributed by atoms with E-state index < -0.39 is 0 Å². The summed E-state index contributed by atoms with van der Waals surface area (Å²) in [6, 6.07) is 13.5. The van der Waals surface area contributed by atoms with E-state index >= 15 is 0 Å². The number of rotatable bonds is 7. The number of hydrogen-bond acceptors (Lipinski definition) is 6. The first kappa shape index (κ1) is 18.3. The molecule has 0 saturated heterocycles. The highest BCUT2D eigenvalue weighted by molar-refractivity contribution is 6.29. The Labute approximate surface area is 168 Å². The molecule has 8 heteroatoms. The van der Waals surface area contributed by atoms with Crippen molar-refractivity contribution >= 4 is 23.2 Å². The molecule has 0 unspecified atom stereocenters. The highest BCUT2D eigenvalue weighted by Gasteiger charge is 2.27. The van der Waals surface area contributed by atoms with Crippen LogP contribution in [0.1, 0.15) is 42.3 Å². The van der Waals surface area contributed by atoms with Crippen LogP contribution in [0.4, 0.5) is 11.6 Å². The van der Waals surface area contributed by atoms with Gasteiger partial charge in [-0.1, -0.05) is 29.8 Å². The lowest BCUT2D eigenvalue weighted by Crippen LogP contribution is -2.07. The number of halogens is 1. The average Bonchev–Trinajstić information content (AvgIpc) is 3.50. The second-order valence-electron chi connectivity index (χ2n) is 6.80. The van der Waals surface area contributed by atoms with Gasteiger partial charge in [0.1, 0.15) is 34.2 Å². The van der Waals surface area contributed by atoms with Gasteiger partial charge >= 0.3 is 0 Å². The average molecular weight is 394 g/mol. The van der Waals surface area contributed by atoms with Gasteiger partial charge in [-0.25, -0.2) is 14.6 Å². The third-order valence-electron chi connectivity index (χ3n) is 4.66. The molecule has 1 aromatic carbocycles. The molecule has 0 amide bonds. The van der Waals surface area contributed by atoms with Crippen molar-refractivity contribution in [3.8, 4) is 11.8 Å². The first-order valence-electron chi connectivity index (χ1n) is 9.27. The first-order valence-corrected chi connectivity index (χ1v) is 9.64. The molecule has 7 nitrogen and oxygen atoms in total. The Morgan fingerprint density at radius 2 is 2.04 bits per heavy atom. The molecule has 1 fully saturated rings. The van der Waals surface area contributed by atoms with Gasteiger partial charge in [0.2, 0.25) is 0 Å². The molecule has 28 heavy (non-hydrogen) atoms. The number of benzene rings is 1. The van der Waals surface area contributed by atoms with E-state index in [-0.39, 0.29) is 0 Å². The predicted octanol–water partition coefficient (Wildman–Crippen LogP) is 3.69. The molecule has 0 aliphatic heterocycles. The van der Waals surface area contributed by atoms with E-state index in [1.54, 1.807) is 10.7 Å². The third kappa shape index (κ3) is 3.92. The van der Waals surface area contributed by atoms with Crippen LogP contribution in [-0.4, -0.2) is 26.3 Å². The number of nitrogens with two attached hydrogens (primary N) is 1. The predicted molar refractivity (Wildman–Crippen MR) is 109 cm³/mol. The Bertz CT molecular complexity index is 1020. The number of nitriles is 1. The number of nitrogens with one attached hydrogen (secondary N) is 1. The van der Waals surface area contributed by atoms with Gasteiger partial charge in [-0.3, -0.25) is 0 Å². The minimum Gasteiger partial charge on any atom is -0.382 e. The molecule has 2 heterocycles. The molecule has 1 saturated carbocycles. The Kier molecular flexibility index (Phi) is 5.13. The minimum atomic E-state index is 0.369. The molecule has 4 rings (SSSR count). The van der Waals surface area contributed by atoms with Crippen molar-refractivity contribution in [2.45, 2.75) is 31.6 Å². The summed E-state index contributed by atoms with van der Waals surface area (Å²) in [5.41, 5.74) is 8.11. The van der Waals surface area contributed by atoms with Crippen molar-refractivity contribution < 1.29 is 0 Å². The Balaban J connectivity index is 1.41. The van der Waals surface area contributed by atoms with E-state index in [0.29, 0.717) is 41.1 Å². The molecule has 0 atom stereocenters. The third-order valence-corrected chi connectivity index (χ3v) is 4.85. The fourth-order valence-corrected chi connectivity index (χ4v) is 3.25. The van der Waals surface area contributed by atoms with Crippen molar-refractivity contribution in [1.29, 1.82) is 5.26 Å². The Morgan fingerprint density at radius 1 is 1.25 bits per heavy atom. The molecule has 2 aromatic heterocycles. The zero-order valence-corrected chi connectivity index (χ0v) is 16.0. The lowest BCUT2D eigenvalue weighted by molar-refractivity contribution is 0.787. The Hall–Kier alpha value is -3.11. The van der Waals surface area contributed by atoms with Crippen molar-refractivity contribution in [2.24, 2.45) is 0 Å². The van der Waals surface area contributed by atoms with Gasteiger partial charge < -0.3 is 11.1 Å². The van der Waals surface area contributed by atoms with Crippen molar-refractivity contribution in [1.82, 2.24) is 19.7 Å². The van der Waals surface area contributed by atoms with Crippen LogP contribution in [0.25, 0.3) is 5.69 Å². The smallest absolute Gasteiger partial charge is 0.145 e. The van der Waals surface area contributed by atoms with Gasteiger partial charge in [-0.05, 0) is 37.8 Å². The van der Waals surface area contributed by atoms with Crippen molar-refractivity contribution in [2.75, 3.05) is 17.6 Å². The summed E-state index contributed by atoms with van der Waals surface area (Å²) >= 11 is 6.09. The highest BCUT2D eigenvalue weighted by Crippen LogP contribution is 2.38. The molecule has 3 N–H and O–H groups in total. The second-order valence-corrected chi connectivity index (χ2v) is 7.19. The van der Waals surface area contributed by atoms with Gasteiger partial charge in [-0.2, -0.15) is 10.4 Å². The largest absolute Gasteiger partial charge is 0.382 e. The number of anilines is 2. The molecule has 1 aliphatic carbocycles. The number of hydrogen-bond donors (Lipinski definition) is 2. The zero-order valence-electron chi connectivity index (χ0n) is 15.3. The lowest BCUT2D eigenvalue weighted by Gasteiger charge is -2.07. The van der Waals surface area contributed by atoms with E-state index in [4.69, 9.17) is 17.3 Å². The molecule has 0 spiro atoms. The SMILES string of the molecule is N#Cc1c(CCCNc2cc(Cl)nc(C3CC3)n2)nn(-c2ccccc2)c1N. The number of aryl methyl sites for hydroxylation is 1. The fourth-order valence-electron chi connectivity index (χ4n) is 3.06. The normalized spacial score (nSPS) is 13.3. The van der Waals surface area contributed by atoms with Crippen LogP contribution in [-0.2, 0) is 6.42 Å². The van der Waals surface area contributed by atoms with Crippen LogP contribution in [0.3, 0.4) is 0 Å². The maximum atomic E-state index is 9.48. The number of nitrogen functional groups attached to an aromatic ring is 1. The molecular formula is C20H20ClN7. The standard InChI is InChI=1S/C20H20ClN7/c21-17-11-18(26-20(25-17)13-8-9-13)24-10-4-7-16-15(12-22)19(23)28(27-16)14-5-2-1-3-6-14/h1-3,5-6,11,13H,4,7-10,23H2,(H,24,25,26). The summed E-state index contributed by atoms with van der Waals surface area (Å²) in [6.45, 7) is 0.681. The summed E-state index contributed by atoms with van der Waals surface area (Å²) in [6.07, 6.45) is 3.67. The minimum absolute atomic E-state index is 0.369. The van der Waals surface area contributed by atoms with Gasteiger partial charge in [0.25, 0.3) is 0 Å². The van der Waals surface area contributed by atoms with Gasteiger partial charge in [0, 0.05) is 18.5 Å². The van der Waals surface area contributed by atoms with Crippen molar-refractivity contribution in [3.05, 3.63) is 58.6 Å². The van der Waals surface area contributed by atoms with E-state index in [1.807, 2.05) is 30.3 Å². The number of nitrogens with zero attached hydrogens (tertiary/aromatic N) is 5. The maximum Gasteiger partial charge on any atom is 0.145 e. The van der Waals surface area contributed by atoms with Crippen LogP contribution in [0.2, 0.25) is 5.15 Å². The summed E-state index contributed by atoms with van der Waals surface area (Å²) in [4.78, 5) is 8.82. The zero-order chi connectivity index (χ0) is 19.5. The van der Waals surface area contributed by atoms with Crippen LogP contribution < -0.4 is 11.1 Å². The lowest BCUT2D eigenvalue weighted by atomic mass is 10.1. The van der Waals surface area contributed by atoms with Crippen molar-refractivity contribution in [3.63, 3.8) is 0 Å². The van der Waals surface area contributed by atoms with E-state index in [9.17, 15) is 5.26 Å². The fraction of sp³-hybridized carbons (Fsp3) is 0.300. The molecular weight excluding hydrogens is 374 g/mol. The molecule has 0 bridgehead atoms. The maximum absolute atomic E-state index is 9.48. The van der Waals surface area contributed by atoms with E-state index in [1.165, 1.54) is 0 Å². The van der Waals surface area contributed by atoms with Crippen LogP contribution in [0.5, 0.6) is 0 Å². The summed E-state index contributed by atoms with van der Waals surface area (Å²) in [5.74, 6) is 2.36. The number of para-hydroxylation sites is 1. The number of aromatic nitrogens is 4. The summed E-state index contributed by atoms with van der Waals surface area (Å²) in [7, 11) is 0. The summed E-state index contributed by atoms with van der Waals surface area (Å²) in [5, 5.41) is 17.8. The molecule has 1 aliphatic rings. The first-order chi connectivity index (χ1) is 13.7. The van der Waals surface area contributed by atoms with Crippen LogP contribution >= 0.6 is 11.6 Å². The van der Waals surface area contributed by atoms with E-state index in [2.05, 4.69) is 26.5 Å². The van der Waals surface area contributed by atoms with E-state index in [0.717, 1.165) is 36.6 Å². The molecule has 0 radical (unpaired) electrons. The van der Waals surface area contributed by atoms with Gasteiger partial charge in [0.15, 0.2) is 0 Å². The van der Waals surface area contributed by atoms with Crippen LogP contribution in [0.15, 0.2) is 36.4 Å². The van der Waals surface area contributed by atoms with Gasteiger partial charge in [0.05, 0.1) is 11.4 Å². The van der Waals surface area contributed by atoms with Crippen LogP contribution in [0, 0.1) is 11.3 Å². The highest BCUT2D eigenvalue weighted by atomic mass is 35.5. The summed E-state index contributed by atoms with van der Waals surface area (Å²) < 4.78 is 1.62. The topological polar surface area (TPSA) is 105 Å². The monoisotopic (exact) mass is 393 g/mol. The Morgan fingerprint density at radius 3 is 2.75 bits per heavy atom.